The van der Waals surface area contributed by atoms with Crippen LogP contribution in [0.5, 0.6) is 0 Å². The zero-order chi connectivity index (χ0) is 16.4. The van der Waals surface area contributed by atoms with Gasteiger partial charge in [-0.05, 0) is 74.4 Å². The van der Waals surface area contributed by atoms with Gasteiger partial charge in [-0.1, -0.05) is 6.92 Å². The van der Waals surface area contributed by atoms with E-state index in [0.717, 1.165) is 35.7 Å². The molecule has 3 rings (SSSR count). The average Bonchev–Trinajstić information content (AvgIpc) is 2.92. The Morgan fingerprint density at radius 3 is 2.48 bits per heavy atom. The van der Waals surface area contributed by atoms with Crippen LogP contribution in [0.4, 0.5) is 4.39 Å². The van der Waals surface area contributed by atoms with Gasteiger partial charge in [0.05, 0.1) is 5.56 Å². The molecule has 2 aromatic rings. The van der Waals surface area contributed by atoms with Crippen molar-refractivity contribution in [2.45, 2.75) is 45.6 Å². The van der Waals surface area contributed by atoms with Crippen LogP contribution in [0, 0.1) is 18.7 Å². The van der Waals surface area contributed by atoms with Crippen molar-refractivity contribution < 1.29 is 9.18 Å². The summed E-state index contributed by atoms with van der Waals surface area (Å²) in [6, 6.07) is 8.41. The molecule has 0 bridgehead atoms. The second-order valence-electron chi connectivity index (χ2n) is 6.66. The molecule has 2 N–H and O–H groups in total. The molecule has 0 unspecified atom stereocenters. The van der Waals surface area contributed by atoms with Crippen molar-refractivity contribution in [2.75, 3.05) is 0 Å². The first-order valence-corrected chi connectivity index (χ1v) is 8.29. The maximum Gasteiger partial charge on any atom is 0.253 e. The molecule has 4 heteroatoms. The summed E-state index contributed by atoms with van der Waals surface area (Å²) >= 11 is 0. The summed E-state index contributed by atoms with van der Waals surface area (Å²) in [7, 11) is 0. The standard InChI is InChI=1S/C19H23FN2O/c1-12-3-9-16(10-4-12)22-19(23)17-11-18(21-13(17)2)14-5-7-15(20)8-6-14/h5-8,11-12,16,21H,3-4,9-10H2,1-2H3,(H,22,23). The van der Waals surface area contributed by atoms with E-state index in [2.05, 4.69) is 17.2 Å². The second-order valence-corrected chi connectivity index (χ2v) is 6.66. The predicted octanol–water partition coefficient (Wildman–Crippen LogP) is 4.44. The fraction of sp³-hybridized carbons (Fsp3) is 0.421. The zero-order valence-electron chi connectivity index (χ0n) is 13.7. The highest BCUT2D eigenvalue weighted by molar-refractivity contribution is 5.97. The Morgan fingerprint density at radius 2 is 1.83 bits per heavy atom. The molecule has 0 radical (unpaired) electrons. The number of halogens is 1. The van der Waals surface area contributed by atoms with Gasteiger partial charge in [-0.15, -0.1) is 0 Å². The number of aromatic amines is 1. The Kier molecular flexibility index (Phi) is 4.51. The fourth-order valence-corrected chi connectivity index (χ4v) is 3.25. The monoisotopic (exact) mass is 314 g/mol. The minimum Gasteiger partial charge on any atom is -0.358 e. The SMILES string of the molecule is Cc1[nH]c(-c2ccc(F)cc2)cc1C(=O)NC1CCC(C)CC1. The Bertz CT molecular complexity index is 682. The first kappa shape index (κ1) is 15.8. The molecule has 1 saturated carbocycles. The van der Waals surface area contributed by atoms with Crippen LogP contribution in [0.15, 0.2) is 30.3 Å². The van der Waals surface area contributed by atoms with Gasteiger partial charge in [-0.3, -0.25) is 4.79 Å². The molecule has 0 saturated heterocycles. The van der Waals surface area contributed by atoms with Gasteiger partial charge in [0, 0.05) is 17.4 Å². The quantitative estimate of drug-likeness (QED) is 0.864. The van der Waals surface area contributed by atoms with Gasteiger partial charge >= 0.3 is 0 Å². The number of aromatic nitrogens is 1. The van der Waals surface area contributed by atoms with Crippen molar-refractivity contribution in [3.05, 3.63) is 47.4 Å². The average molecular weight is 314 g/mol. The van der Waals surface area contributed by atoms with E-state index in [-0.39, 0.29) is 17.8 Å². The Morgan fingerprint density at radius 1 is 1.17 bits per heavy atom. The zero-order valence-corrected chi connectivity index (χ0v) is 13.7. The maximum atomic E-state index is 13.0. The molecule has 0 aliphatic heterocycles. The van der Waals surface area contributed by atoms with Gasteiger partial charge < -0.3 is 10.3 Å². The van der Waals surface area contributed by atoms with Crippen LogP contribution >= 0.6 is 0 Å². The van der Waals surface area contributed by atoms with E-state index in [1.165, 1.54) is 25.0 Å². The van der Waals surface area contributed by atoms with Crippen molar-refractivity contribution >= 4 is 5.91 Å². The summed E-state index contributed by atoms with van der Waals surface area (Å²) in [6.07, 6.45) is 4.47. The van der Waals surface area contributed by atoms with Crippen LogP contribution in [-0.2, 0) is 0 Å². The lowest BCUT2D eigenvalue weighted by atomic mass is 9.87. The first-order chi connectivity index (χ1) is 11.0. The normalized spacial score (nSPS) is 21.2. The summed E-state index contributed by atoms with van der Waals surface area (Å²) in [5, 5.41) is 3.15. The predicted molar refractivity (Wildman–Crippen MR) is 89.8 cm³/mol. The van der Waals surface area contributed by atoms with Crippen molar-refractivity contribution in [3.8, 4) is 11.3 Å². The van der Waals surface area contributed by atoms with Crippen molar-refractivity contribution in [2.24, 2.45) is 5.92 Å². The molecule has 1 aromatic heterocycles. The highest BCUT2D eigenvalue weighted by Gasteiger charge is 2.22. The van der Waals surface area contributed by atoms with Crippen LogP contribution in [-0.4, -0.2) is 16.9 Å². The van der Waals surface area contributed by atoms with Crippen LogP contribution in [0.25, 0.3) is 11.3 Å². The third-order valence-corrected chi connectivity index (χ3v) is 4.77. The highest BCUT2D eigenvalue weighted by atomic mass is 19.1. The van der Waals surface area contributed by atoms with Crippen molar-refractivity contribution in [1.29, 1.82) is 0 Å². The van der Waals surface area contributed by atoms with E-state index in [1.807, 2.05) is 13.0 Å². The molecular formula is C19H23FN2O. The number of rotatable bonds is 3. The molecule has 1 aromatic carbocycles. The molecule has 1 amide bonds. The molecular weight excluding hydrogens is 291 g/mol. The number of carbonyl (C=O) groups is 1. The van der Waals surface area contributed by atoms with Gasteiger partial charge in [-0.2, -0.15) is 0 Å². The van der Waals surface area contributed by atoms with Gasteiger partial charge in [0.15, 0.2) is 0 Å². The number of hydrogen-bond acceptors (Lipinski definition) is 1. The summed E-state index contributed by atoms with van der Waals surface area (Å²) in [6.45, 7) is 4.16. The molecule has 3 nitrogen and oxygen atoms in total. The molecule has 1 heterocycles. The lowest BCUT2D eigenvalue weighted by molar-refractivity contribution is 0.0922. The minimum atomic E-state index is -0.262. The van der Waals surface area contributed by atoms with Gasteiger partial charge in [-0.25, -0.2) is 4.39 Å². The summed E-state index contributed by atoms with van der Waals surface area (Å²) < 4.78 is 13.0. The van der Waals surface area contributed by atoms with Gasteiger partial charge in [0.1, 0.15) is 5.82 Å². The smallest absolute Gasteiger partial charge is 0.253 e. The van der Waals surface area contributed by atoms with E-state index < -0.39 is 0 Å². The summed E-state index contributed by atoms with van der Waals surface area (Å²) in [5.41, 5.74) is 3.22. The van der Waals surface area contributed by atoms with E-state index in [0.29, 0.717) is 5.56 Å². The van der Waals surface area contributed by atoms with Gasteiger partial charge in [0.2, 0.25) is 0 Å². The molecule has 0 spiro atoms. The number of nitrogens with one attached hydrogen (secondary N) is 2. The maximum absolute atomic E-state index is 13.0. The van der Waals surface area contributed by atoms with E-state index >= 15 is 0 Å². The molecule has 1 aliphatic rings. The number of H-pyrrole nitrogens is 1. The first-order valence-electron chi connectivity index (χ1n) is 8.29. The Hall–Kier alpha value is -2.10. The lowest BCUT2D eigenvalue weighted by Crippen LogP contribution is -2.37. The summed E-state index contributed by atoms with van der Waals surface area (Å²) in [5.74, 6) is 0.482. The third-order valence-electron chi connectivity index (χ3n) is 4.77. The number of amides is 1. The summed E-state index contributed by atoms with van der Waals surface area (Å²) in [4.78, 5) is 15.7. The Balaban J connectivity index is 1.72. The second kappa shape index (κ2) is 6.57. The molecule has 23 heavy (non-hydrogen) atoms. The molecule has 0 atom stereocenters. The van der Waals surface area contributed by atoms with E-state index in [4.69, 9.17) is 0 Å². The molecule has 1 fully saturated rings. The van der Waals surface area contributed by atoms with Crippen molar-refractivity contribution in [1.82, 2.24) is 10.3 Å². The number of benzene rings is 1. The fourth-order valence-electron chi connectivity index (χ4n) is 3.25. The van der Waals surface area contributed by atoms with E-state index in [9.17, 15) is 9.18 Å². The lowest BCUT2D eigenvalue weighted by Gasteiger charge is -2.26. The molecule has 122 valence electrons. The van der Waals surface area contributed by atoms with Crippen LogP contribution in [0.2, 0.25) is 0 Å². The number of carbonyl (C=O) groups excluding carboxylic acids is 1. The van der Waals surface area contributed by atoms with Crippen molar-refractivity contribution in [3.63, 3.8) is 0 Å². The third kappa shape index (κ3) is 3.63. The van der Waals surface area contributed by atoms with Crippen LogP contribution < -0.4 is 5.32 Å². The Labute approximate surface area is 136 Å². The molecule has 1 aliphatic carbocycles. The minimum absolute atomic E-state index is 0.0216. The largest absolute Gasteiger partial charge is 0.358 e. The van der Waals surface area contributed by atoms with E-state index in [1.54, 1.807) is 12.1 Å². The highest BCUT2D eigenvalue weighted by Crippen LogP contribution is 2.25. The topological polar surface area (TPSA) is 44.9 Å². The van der Waals surface area contributed by atoms with Crippen LogP contribution in [0.3, 0.4) is 0 Å². The number of hydrogen-bond donors (Lipinski definition) is 2. The van der Waals surface area contributed by atoms with Gasteiger partial charge in [0.25, 0.3) is 5.91 Å². The number of aryl methyl sites for hydroxylation is 1. The van der Waals surface area contributed by atoms with Crippen LogP contribution in [0.1, 0.15) is 48.7 Å².